The second-order valence-electron chi connectivity index (χ2n) is 9.74. The fraction of sp³-hybridized carbons (Fsp3) is 0.654. The Labute approximate surface area is 207 Å². The molecule has 1 aromatic rings. The van der Waals surface area contributed by atoms with Crippen molar-refractivity contribution in [3.8, 4) is 5.75 Å². The van der Waals surface area contributed by atoms with Gasteiger partial charge in [0.15, 0.2) is 0 Å². The highest BCUT2D eigenvalue weighted by atomic mass is 16.5. The summed E-state index contributed by atoms with van der Waals surface area (Å²) in [5, 5.41) is 5.83. The molecular weight excluding hydrogens is 448 g/mol. The lowest BCUT2D eigenvalue weighted by Crippen LogP contribution is -2.54. The predicted molar refractivity (Wildman–Crippen MR) is 133 cm³/mol. The van der Waals surface area contributed by atoms with E-state index in [4.69, 9.17) is 9.47 Å². The molecule has 0 aromatic heterocycles. The zero-order chi connectivity index (χ0) is 24.8. The van der Waals surface area contributed by atoms with Gasteiger partial charge in [-0.1, -0.05) is 13.3 Å². The van der Waals surface area contributed by atoms with E-state index in [1.165, 1.54) is 19.3 Å². The Hall–Kier alpha value is -2.65. The minimum atomic E-state index is -0.309. The molecule has 3 atom stereocenters. The van der Waals surface area contributed by atoms with Crippen LogP contribution in [0.1, 0.15) is 62.2 Å². The highest BCUT2D eigenvalue weighted by molar-refractivity contribution is 5.99. The highest BCUT2D eigenvalue weighted by Gasteiger charge is 2.39. The maximum absolute atomic E-state index is 13.3. The summed E-state index contributed by atoms with van der Waals surface area (Å²) in [5.74, 6) is 0.198. The summed E-state index contributed by atoms with van der Waals surface area (Å²) in [4.78, 5) is 41.7. The van der Waals surface area contributed by atoms with Gasteiger partial charge in [0.05, 0.1) is 24.1 Å². The van der Waals surface area contributed by atoms with Gasteiger partial charge in [-0.15, -0.1) is 0 Å². The quantitative estimate of drug-likeness (QED) is 0.614. The first-order chi connectivity index (χ1) is 16.9. The molecule has 9 heteroatoms. The van der Waals surface area contributed by atoms with E-state index in [1.54, 1.807) is 37.1 Å². The first-order valence-electron chi connectivity index (χ1n) is 12.9. The van der Waals surface area contributed by atoms with Crippen LogP contribution in [-0.2, 0) is 14.3 Å². The van der Waals surface area contributed by atoms with E-state index in [0.29, 0.717) is 49.4 Å². The Morgan fingerprint density at radius 2 is 1.91 bits per heavy atom. The number of carbonyl (C=O) groups excluding carboxylic acids is 3. The minimum absolute atomic E-state index is 0.00801. The summed E-state index contributed by atoms with van der Waals surface area (Å²) < 4.78 is 12.3. The number of nitrogens with zero attached hydrogens (tertiary/aromatic N) is 2. The number of fused-ring (bicyclic) bond motifs is 2. The predicted octanol–water partition coefficient (Wildman–Crippen LogP) is 2.41. The maximum atomic E-state index is 13.3. The van der Waals surface area contributed by atoms with Gasteiger partial charge in [-0.3, -0.25) is 14.4 Å². The molecule has 1 aromatic carbocycles. The van der Waals surface area contributed by atoms with Crippen molar-refractivity contribution < 1.29 is 23.9 Å². The van der Waals surface area contributed by atoms with Gasteiger partial charge in [0, 0.05) is 32.2 Å². The van der Waals surface area contributed by atoms with Crippen LogP contribution in [0.4, 0.5) is 5.69 Å². The summed E-state index contributed by atoms with van der Waals surface area (Å²) in [6.07, 6.45) is 5.41. The van der Waals surface area contributed by atoms with Crippen LogP contribution < -0.4 is 15.4 Å². The third-order valence-corrected chi connectivity index (χ3v) is 7.23. The average molecular weight is 487 g/mol. The SMILES string of the molecule is CCC(=O)Nc1ccc2c(c1)C(=O)N(C)[C@@H]1CC[C@@H](CC(=O)NCCN3CCCCC3)O[C@@H]1CO2. The molecule has 35 heavy (non-hydrogen) atoms. The molecule has 3 aliphatic rings. The van der Waals surface area contributed by atoms with Crippen molar-refractivity contribution in [1.29, 1.82) is 0 Å². The Morgan fingerprint density at radius 3 is 2.69 bits per heavy atom. The van der Waals surface area contributed by atoms with Crippen molar-refractivity contribution in [3.63, 3.8) is 0 Å². The van der Waals surface area contributed by atoms with Crippen molar-refractivity contribution in [2.75, 3.05) is 45.2 Å². The van der Waals surface area contributed by atoms with Crippen molar-refractivity contribution in [3.05, 3.63) is 23.8 Å². The summed E-state index contributed by atoms with van der Waals surface area (Å²) in [6.45, 7) is 5.87. The normalized spacial score (nSPS) is 24.9. The van der Waals surface area contributed by atoms with Gasteiger partial charge in [-0.25, -0.2) is 0 Å². The van der Waals surface area contributed by atoms with Crippen molar-refractivity contribution in [2.45, 2.75) is 70.1 Å². The van der Waals surface area contributed by atoms with Gasteiger partial charge >= 0.3 is 0 Å². The standard InChI is InChI=1S/C26H38N4O5/c1-3-24(31)28-18-7-10-22-20(15-18)26(33)29(2)21-9-8-19(35-23(21)17-34-22)16-25(32)27-11-14-30-12-5-4-6-13-30/h7,10,15,19,21,23H,3-6,8-9,11-14,16-17H2,1-2H3,(H,27,32)(H,28,31)/t19-,21+,23+/m0/s1. The van der Waals surface area contributed by atoms with E-state index in [2.05, 4.69) is 15.5 Å². The minimum Gasteiger partial charge on any atom is -0.490 e. The Balaban J connectivity index is 1.32. The topological polar surface area (TPSA) is 100 Å². The van der Waals surface area contributed by atoms with E-state index in [1.807, 2.05) is 0 Å². The Bertz CT molecular complexity index is 917. The molecule has 3 aliphatic heterocycles. The van der Waals surface area contributed by atoms with Crippen LogP contribution in [0.3, 0.4) is 0 Å². The molecular formula is C26H38N4O5. The second kappa shape index (κ2) is 11.9. The van der Waals surface area contributed by atoms with Crippen LogP contribution in [0.15, 0.2) is 18.2 Å². The number of hydrogen-bond donors (Lipinski definition) is 2. The number of benzene rings is 1. The van der Waals surface area contributed by atoms with Gasteiger partial charge in [-0.05, 0) is 57.0 Å². The van der Waals surface area contributed by atoms with E-state index in [0.717, 1.165) is 26.1 Å². The van der Waals surface area contributed by atoms with Crippen LogP contribution in [0, 0.1) is 0 Å². The maximum Gasteiger partial charge on any atom is 0.257 e. The molecule has 2 fully saturated rings. The summed E-state index contributed by atoms with van der Waals surface area (Å²) in [5.41, 5.74) is 0.999. The monoisotopic (exact) mass is 486 g/mol. The fourth-order valence-corrected chi connectivity index (χ4v) is 5.17. The largest absolute Gasteiger partial charge is 0.490 e. The molecule has 0 spiro atoms. The molecule has 0 saturated carbocycles. The number of rotatable bonds is 7. The van der Waals surface area contributed by atoms with E-state index >= 15 is 0 Å². The van der Waals surface area contributed by atoms with Gasteiger partial charge in [0.25, 0.3) is 5.91 Å². The van der Waals surface area contributed by atoms with Crippen molar-refractivity contribution in [1.82, 2.24) is 15.1 Å². The number of carbonyl (C=O) groups is 3. The lowest BCUT2D eigenvalue weighted by atomic mass is 9.94. The van der Waals surface area contributed by atoms with Crippen LogP contribution in [0.5, 0.6) is 5.75 Å². The number of piperidine rings is 1. The molecule has 2 N–H and O–H groups in total. The number of nitrogens with one attached hydrogen (secondary N) is 2. The van der Waals surface area contributed by atoms with Crippen molar-refractivity contribution in [2.24, 2.45) is 0 Å². The van der Waals surface area contributed by atoms with Crippen LogP contribution in [0.25, 0.3) is 0 Å². The Kier molecular flexibility index (Phi) is 8.62. The zero-order valence-electron chi connectivity index (χ0n) is 20.9. The number of anilines is 1. The van der Waals surface area contributed by atoms with Gasteiger partial charge in [0.1, 0.15) is 18.5 Å². The lowest BCUT2D eigenvalue weighted by molar-refractivity contribution is -0.134. The molecule has 3 amide bonds. The summed E-state index contributed by atoms with van der Waals surface area (Å²) in [6, 6.07) is 4.98. The van der Waals surface area contributed by atoms with Crippen LogP contribution in [0.2, 0.25) is 0 Å². The average Bonchev–Trinajstić information content (AvgIpc) is 2.87. The molecule has 3 heterocycles. The first kappa shape index (κ1) is 25.4. The third kappa shape index (κ3) is 6.52. The highest BCUT2D eigenvalue weighted by Crippen LogP contribution is 2.32. The molecule has 9 nitrogen and oxygen atoms in total. The number of amides is 3. The summed E-state index contributed by atoms with van der Waals surface area (Å²) in [7, 11) is 1.78. The first-order valence-corrected chi connectivity index (χ1v) is 12.9. The molecule has 4 rings (SSSR count). The molecule has 0 unspecified atom stereocenters. The fourth-order valence-electron chi connectivity index (χ4n) is 5.17. The number of likely N-dealkylation sites (N-methyl/N-ethyl adjacent to an activating group) is 1. The van der Waals surface area contributed by atoms with Crippen molar-refractivity contribution >= 4 is 23.4 Å². The van der Waals surface area contributed by atoms with Crippen LogP contribution in [-0.4, -0.2) is 85.6 Å². The molecule has 2 saturated heterocycles. The lowest BCUT2D eigenvalue weighted by Gasteiger charge is -2.42. The van der Waals surface area contributed by atoms with E-state index in [9.17, 15) is 14.4 Å². The molecule has 192 valence electrons. The van der Waals surface area contributed by atoms with Gasteiger partial charge < -0.3 is 29.9 Å². The second-order valence-corrected chi connectivity index (χ2v) is 9.74. The van der Waals surface area contributed by atoms with Gasteiger partial charge in [0.2, 0.25) is 11.8 Å². The van der Waals surface area contributed by atoms with Gasteiger partial charge in [-0.2, -0.15) is 0 Å². The van der Waals surface area contributed by atoms with Crippen LogP contribution >= 0.6 is 0 Å². The Morgan fingerprint density at radius 1 is 1.11 bits per heavy atom. The number of likely N-dealkylation sites (tertiary alicyclic amines) is 1. The summed E-state index contributed by atoms with van der Waals surface area (Å²) >= 11 is 0. The zero-order valence-corrected chi connectivity index (χ0v) is 20.9. The number of ether oxygens (including phenoxy) is 2. The van der Waals surface area contributed by atoms with E-state index < -0.39 is 0 Å². The van der Waals surface area contributed by atoms with E-state index in [-0.39, 0.29) is 36.0 Å². The molecule has 0 radical (unpaired) electrons. The third-order valence-electron chi connectivity index (χ3n) is 7.23. The smallest absolute Gasteiger partial charge is 0.257 e. The molecule has 0 aliphatic carbocycles. The molecule has 0 bridgehead atoms. The number of hydrogen-bond acceptors (Lipinski definition) is 6.